The second-order valence-corrected chi connectivity index (χ2v) is 11.1. The minimum absolute atomic E-state index is 0.0838. The third-order valence-electron chi connectivity index (χ3n) is 6.29. The Morgan fingerprint density at radius 3 is 2.28 bits per heavy atom. The van der Waals surface area contributed by atoms with Crippen LogP contribution in [0.1, 0.15) is 31.7 Å². The first kappa shape index (κ1) is 27.6. The summed E-state index contributed by atoms with van der Waals surface area (Å²) >= 11 is 0. The van der Waals surface area contributed by atoms with E-state index in [-0.39, 0.29) is 42.5 Å². The predicted octanol–water partition coefficient (Wildman–Crippen LogP) is 3.40. The van der Waals surface area contributed by atoms with Gasteiger partial charge in [-0.2, -0.15) is 4.31 Å². The van der Waals surface area contributed by atoms with Crippen LogP contribution in [0.25, 0.3) is 0 Å². The molecule has 3 amide bonds. The maximum absolute atomic E-state index is 13.9. The van der Waals surface area contributed by atoms with Crippen LogP contribution in [0, 0.1) is 5.82 Å². The largest absolute Gasteiger partial charge is 0.334 e. The summed E-state index contributed by atoms with van der Waals surface area (Å²) in [6, 6.07) is 13.9. The summed E-state index contributed by atoms with van der Waals surface area (Å²) in [5.41, 5.74) is 0.628. The van der Waals surface area contributed by atoms with Crippen molar-refractivity contribution in [1.82, 2.24) is 19.0 Å². The first-order chi connectivity index (χ1) is 17.1. The molecule has 0 radical (unpaired) electrons. The van der Waals surface area contributed by atoms with Crippen LogP contribution in [0.5, 0.6) is 0 Å². The molecule has 10 heteroatoms. The van der Waals surface area contributed by atoms with Crippen LogP contribution in [-0.2, 0) is 21.4 Å². The van der Waals surface area contributed by atoms with Crippen LogP contribution in [0.3, 0.4) is 0 Å². The molecule has 0 spiro atoms. The first-order valence-corrected chi connectivity index (χ1v) is 13.6. The summed E-state index contributed by atoms with van der Waals surface area (Å²) in [7, 11) is -0.468. The lowest BCUT2D eigenvalue weighted by Crippen LogP contribution is -2.52. The molecule has 36 heavy (non-hydrogen) atoms. The van der Waals surface area contributed by atoms with Crippen molar-refractivity contribution in [1.29, 1.82) is 0 Å². The highest BCUT2D eigenvalue weighted by Crippen LogP contribution is 2.22. The Bertz CT molecular complexity index is 1140. The van der Waals surface area contributed by atoms with Crippen molar-refractivity contribution in [2.45, 2.75) is 43.7 Å². The van der Waals surface area contributed by atoms with Crippen LogP contribution >= 0.6 is 0 Å². The third kappa shape index (κ3) is 6.82. The molecule has 0 aliphatic carbocycles. The second kappa shape index (κ2) is 12.3. The number of urea groups is 1. The lowest BCUT2D eigenvalue weighted by Gasteiger charge is -2.40. The summed E-state index contributed by atoms with van der Waals surface area (Å²) in [5, 5.41) is 0. The van der Waals surface area contributed by atoms with Crippen LogP contribution < -0.4 is 0 Å². The fourth-order valence-electron chi connectivity index (χ4n) is 4.42. The van der Waals surface area contributed by atoms with Crippen molar-refractivity contribution >= 4 is 22.0 Å². The van der Waals surface area contributed by atoms with Gasteiger partial charge in [0, 0.05) is 46.3 Å². The molecule has 1 heterocycles. The van der Waals surface area contributed by atoms with Crippen molar-refractivity contribution in [2.75, 3.05) is 40.3 Å². The highest BCUT2D eigenvalue weighted by Gasteiger charge is 2.33. The van der Waals surface area contributed by atoms with Gasteiger partial charge in [0.05, 0.1) is 11.4 Å². The standard InChI is InChI=1S/C26H35FN4O4S/c1-4-15-30(36(34,35)24-11-6-5-7-12-24)20-25(32)31(19-21-9-8-10-22(27)18-21)23-13-16-29(17-14-23)26(33)28(2)3/h5-12,18,23H,4,13-17,19-20H2,1-3H3. The molecule has 2 aromatic carbocycles. The maximum Gasteiger partial charge on any atom is 0.319 e. The van der Waals surface area contributed by atoms with Crippen molar-refractivity contribution in [3.8, 4) is 0 Å². The molecular formula is C26H35FN4O4S. The van der Waals surface area contributed by atoms with Gasteiger partial charge >= 0.3 is 6.03 Å². The first-order valence-electron chi connectivity index (χ1n) is 12.2. The van der Waals surface area contributed by atoms with E-state index in [9.17, 15) is 22.4 Å². The van der Waals surface area contributed by atoms with E-state index in [0.717, 1.165) is 0 Å². The highest BCUT2D eigenvalue weighted by molar-refractivity contribution is 7.89. The maximum atomic E-state index is 13.9. The summed E-state index contributed by atoms with van der Waals surface area (Å²) in [5.74, 6) is -0.741. The van der Waals surface area contributed by atoms with Gasteiger partial charge in [-0.1, -0.05) is 37.3 Å². The molecule has 8 nitrogen and oxygen atoms in total. The number of sulfonamides is 1. The molecule has 0 unspecified atom stereocenters. The minimum atomic E-state index is -3.86. The average molecular weight is 519 g/mol. The number of hydrogen-bond acceptors (Lipinski definition) is 4. The Balaban J connectivity index is 1.83. The van der Waals surface area contributed by atoms with Gasteiger partial charge in [0.1, 0.15) is 5.82 Å². The Morgan fingerprint density at radius 1 is 1.03 bits per heavy atom. The van der Waals surface area contributed by atoms with E-state index < -0.39 is 15.8 Å². The Hall–Kier alpha value is -2.98. The number of halogens is 1. The molecule has 1 saturated heterocycles. The molecule has 1 fully saturated rings. The Labute approximate surface area is 213 Å². The zero-order valence-electron chi connectivity index (χ0n) is 21.1. The fourth-order valence-corrected chi connectivity index (χ4v) is 5.92. The van der Waals surface area contributed by atoms with E-state index in [4.69, 9.17) is 0 Å². The Kier molecular flexibility index (Phi) is 9.44. The molecule has 0 saturated carbocycles. The average Bonchev–Trinajstić information content (AvgIpc) is 2.87. The van der Waals surface area contributed by atoms with Crippen LogP contribution in [-0.4, -0.2) is 85.7 Å². The number of rotatable bonds is 9. The number of hydrogen-bond donors (Lipinski definition) is 0. The summed E-state index contributed by atoms with van der Waals surface area (Å²) in [4.78, 5) is 31.1. The van der Waals surface area contributed by atoms with Crippen LogP contribution in [0.4, 0.5) is 9.18 Å². The molecule has 0 atom stereocenters. The lowest BCUT2D eigenvalue weighted by molar-refractivity contribution is -0.135. The lowest BCUT2D eigenvalue weighted by atomic mass is 10.0. The fraction of sp³-hybridized carbons (Fsp3) is 0.462. The number of carbonyl (C=O) groups is 2. The van der Waals surface area contributed by atoms with Crippen molar-refractivity contribution in [3.63, 3.8) is 0 Å². The summed E-state index contributed by atoms with van der Waals surface area (Å²) in [6.07, 6.45) is 1.66. The normalized spacial score (nSPS) is 14.6. The number of nitrogens with zero attached hydrogens (tertiary/aromatic N) is 4. The minimum Gasteiger partial charge on any atom is -0.334 e. The topological polar surface area (TPSA) is 81.2 Å². The molecule has 0 aromatic heterocycles. The smallest absolute Gasteiger partial charge is 0.319 e. The van der Waals surface area contributed by atoms with Gasteiger partial charge in [-0.15, -0.1) is 0 Å². The molecule has 3 rings (SSSR count). The monoisotopic (exact) mass is 518 g/mol. The van der Waals surface area contributed by atoms with Gasteiger partial charge in [0.15, 0.2) is 0 Å². The number of likely N-dealkylation sites (tertiary alicyclic amines) is 1. The highest BCUT2D eigenvalue weighted by atomic mass is 32.2. The van der Waals surface area contributed by atoms with Crippen LogP contribution in [0.15, 0.2) is 59.5 Å². The molecule has 0 bridgehead atoms. The van der Waals surface area contributed by atoms with Gasteiger partial charge in [-0.25, -0.2) is 17.6 Å². The van der Waals surface area contributed by atoms with Gasteiger partial charge in [0.2, 0.25) is 15.9 Å². The van der Waals surface area contributed by atoms with Gasteiger partial charge in [0.25, 0.3) is 0 Å². The number of amides is 3. The second-order valence-electron chi connectivity index (χ2n) is 9.20. The zero-order valence-corrected chi connectivity index (χ0v) is 22.0. The van der Waals surface area contributed by atoms with E-state index in [1.165, 1.54) is 33.5 Å². The van der Waals surface area contributed by atoms with E-state index in [1.54, 1.807) is 54.2 Å². The molecule has 2 aromatic rings. The molecule has 1 aliphatic heterocycles. The van der Waals surface area contributed by atoms with Gasteiger partial charge in [-0.3, -0.25) is 4.79 Å². The Morgan fingerprint density at radius 2 is 1.69 bits per heavy atom. The molecular weight excluding hydrogens is 483 g/mol. The SMILES string of the molecule is CCCN(CC(=O)N(Cc1cccc(F)c1)C1CCN(C(=O)N(C)C)CC1)S(=O)(=O)c1ccccc1. The van der Waals surface area contributed by atoms with E-state index in [0.29, 0.717) is 37.9 Å². The van der Waals surface area contributed by atoms with Crippen molar-refractivity contribution < 1.29 is 22.4 Å². The molecule has 0 N–H and O–H groups in total. The predicted molar refractivity (Wildman–Crippen MR) is 136 cm³/mol. The molecule has 196 valence electrons. The molecule has 1 aliphatic rings. The van der Waals surface area contributed by atoms with E-state index in [1.807, 2.05) is 6.92 Å². The van der Waals surface area contributed by atoms with Crippen LogP contribution in [0.2, 0.25) is 0 Å². The number of benzene rings is 2. The van der Waals surface area contributed by atoms with Gasteiger partial charge in [-0.05, 0) is 49.1 Å². The zero-order chi connectivity index (χ0) is 26.3. The number of piperidine rings is 1. The summed E-state index contributed by atoms with van der Waals surface area (Å²) in [6.45, 7) is 2.88. The van der Waals surface area contributed by atoms with Crippen molar-refractivity contribution in [3.05, 3.63) is 66.0 Å². The van der Waals surface area contributed by atoms with Crippen molar-refractivity contribution in [2.24, 2.45) is 0 Å². The number of carbonyl (C=O) groups excluding carboxylic acids is 2. The van der Waals surface area contributed by atoms with E-state index in [2.05, 4.69) is 0 Å². The van der Waals surface area contributed by atoms with E-state index >= 15 is 0 Å². The quantitative estimate of drug-likeness (QED) is 0.510. The van der Waals surface area contributed by atoms with Gasteiger partial charge < -0.3 is 14.7 Å². The summed E-state index contributed by atoms with van der Waals surface area (Å²) < 4.78 is 41.7. The third-order valence-corrected chi connectivity index (χ3v) is 8.15.